The summed E-state index contributed by atoms with van der Waals surface area (Å²) in [5.41, 5.74) is 5.91. The molecule has 2 unspecified atom stereocenters. The summed E-state index contributed by atoms with van der Waals surface area (Å²) in [4.78, 5) is 3.07. The Morgan fingerprint density at radius 3 is 2.71 bits per heavy atom. The van der Waals surface area contributed by atoms with Crippen molar-refractivity contribution in [2.45, 2.75) is 45.1 Å². The maximum absolute atomic E-state index is 5.91. The van der Waals surface area contributed by atoms with E-state index in [1.165, 1.54) is 37.0 Å². The van der Waals surface area contributed by atoms with Crippen molar-refractivity contribution in [1.29, 1.82) is 0 Å². The summed E-state index contributed by atoms with van der Waals surface area (Å²) in [7, 11) is 0. The molecule has 2 heteroatoms. The topological polar surface area (TPSA) is 26.0 Å². The third-order valence-electron chi connectivity index (χ3n) is 3.14. The van der Waals surface area contributed by atoms with Gasteiger partial charge in [0.15, 0.2) is 0 Å². The van der Waals surface area contributed by atoms with E-state index in [2.05, 4.69) is 19.1 Å². The molecule has 14 heavy (non-hydrogen) atoms. The quantitative estimate of drug-likeness (QED) is 0.813. The number of thiophene rings is 1. The van der Waals surface area contributed by atoms with Gasteiger partial charge in [0.25, 0.3) is 0 Å². The minimum atomic E-state index is 0.477. The number of nitrogens with two attached hydrogens (primary N) is 1. The van der Waals surface area contributed by atoms with Crippen LogP contribution in [0.1, 0.15) is 35.9 Å². The maximum Gasteiger partial charge on any atom is 0.00509 e. The van der Waals surface area contributed by atoms with Crippen molar-refractivity contribution in [2.24, 2.45) is 11.7 Å². The molecule has 0 aliphatic heterocycles. The number of hydrogen-bond acceptors (Lipinski definition) is 2. The van der Waals surface area contributed by atoms with Crippen LogP contribution in [0.2, 0.25) is 0 Å². The SMILES string of the molecule is CCc1ccc(CC2CCC(N)C2)s1. The van der Waals surface area contributed by atoms with E-state index in [4.69, 9.17) is 5.73 Å². The molecule has 0 radical (unpaired) electrons. The first-order chi connectivity index (χ1) is 6.78. The molecule has 0 aromatic carbocycles. The van der Waals surface area contributed by atoms with Crippen LogP contribution in [-0.2, 0) is 12.8 Å². The fourth-order valence-electron chi connectivity index (χ4n) is 2.31. The van der Waals surface area contributed by atoms with E-state index < -0.39 is 0 Å². The lowest BCUT2D eigenvalue weighted by molar-refractivity contribution is 0.539. The fourth-order valence-corrected chi connectivity index (χ4v) is 3.38. The normalized spacial score (nSPS) is 27.0. The van der Waals surface area contributed by atoms with E-state index in [0.717, 1.165) is 5.92 Å². The first kappa shape index (κ1) is 10.2. The summed E-state index contributed by atoms with van der Waals surface area (Å²) < 4.78 is 0. The second-order valence-corrected chi connectivity index (χ2v) is 5.62. The zero-order valence-electron chi connectivity index (χ0n) is 8.83. The van der Waals surface area contributed by atoms with Gasteiger partial charge in [0, 0.05) is 15.8 Å². The first-order valence-electron chi connectivity index (χ1n) is 5.61. The van der Waals surface area contributed by atoms with Gasteiger partial charge in [-0.15, -0.1) is 11.3 Å². The van der Waals surface area contributed by atoms with Gasteiger partial charge in [0.05, 0.1) is 0 Å². The summed E-state index contributed by atoms with van der Waals surface area (Å²) in [6.45, 7) is 2.22. The predicted molar refractivity (Wildman–Crippen MR) is 62.7 cm³/mol. The number of rotatable bonds is 3. The molecule has 1 aromatic heterocycles. The lowest BCUT2D eigenvalue weighted by atomic mass is 10.0. The summed E-state index contributed by atoms with van der Waals surface area (Å²) in [5, 5.41) is 0. The Hall–Kier alpha value is -0.340. The molecule has 1 aromatic rings. The molecule has 78 valence electrons. The third kappa shape index (κ3) is 2.37. The zero-order chi connectivity index (χ0) is 9.97. The molecule has 1 nitrogen and oxygen atoms in total. The van der Waals surface area contributed by atoms with Crippen LogP contribution in [0.15, 0.2) is 12.1 Å². The minimum Gasteiger partial charge on any atom is -0.328 e. The van der Waals surface area contributed by atoms with Crippen LogP contribution in [0, 0.1) is 5.92 Å². The summed E-state index contributed by atoms with van der Waals surface area (Å²) >= 11 is 1.98. The van der Waals surface area contributed by atoms with Crippen molar-refractivity contribution in [3.63, 3.8) is 0 Å². The molecule has 1 saturated carbocycles. The molecule has 0 amide bonds. The van der Waals surface area contributed by atoms with Crippen molar-refractivity contribution in [3.05, 3.63) is 21.9 Å². The molecule has 2 atom stereocenters. The van der Waals surface area contributed by atoms with E-state index in [9.17, 15) is 0 Å². The average molecular weight is 209 g/mol. The largest absolute Gasteiger partial charge is 0.328 e. The molecule has 0 spiro atoms. The van der Waals surface area contributed by atoms with Crippen LogP contribution in [-0.4, -0.2) is 6.04 Å². The van der Waals surface area contributed by atoms with Crippen LogP contribution in [0.3, 0.4) is 0 Å². The summed E-state index contributed by atoms with van der Waals surface area (Å²) in [5.74, 6) is 0.855. The number of aryl methyl sites for hydroxylation is 1. The van der Waals surface area contributed by atoms with Gasteiger partial charge in [-0.3, -0.25) is 0 Å². The van der Waals surface area contributed by atoms with Crippen molar-refractivity contribution in [1.82, 2.24) is 0 Å². The molecule has 2 rings (SSSR count). The van der Waals surface area contributed by atoms with Crippen LogP contribution < -0.4 is 5.73 Å². The molecule has 0 bridgehead atoms. The van der Waals surface area contributed by atoms with Gasteiger partial charge in [0.1, 0.15) is 0 Å². The molecule has 1 heterocycles. The highest BCUT2D eigenvalue weighted by Gasteiger charge is 2.22. The van der Waals surface area contributed by atoms with Crippen LogP contribution in [0.25, 0.3) is 0 Å². The lowest BCUT2D eigenvalue weighted by Gasteiger charge is -2.06. The predicted octanol–water partition coefficient (Wildman–Crippen LogP) is 2.98. The standard InChI is InChI=1S/C12H19NS/c1-2-11-5-6-12(14-11)8-9-3-4-10(13)7-9/h5-6,9-10H,2-4,7-8,13H2,1H3. The average Bonchev–Trinajstić information content (AvgIpc) is 2.76. The Labute approximate surface area is 90.3 Å². The highest BCUT2D eigenvalue weighted by Crippen LogP contribution is 2.29. The highest BCUT2D eigenvalue weighted by atomic mass is 32.1. The second kappa shape index (κ2) is 4.45. The van der Waals surface area contributed by atoms with E-state index >= 15 is 0 Å². The summed E-state index contributed by atoms with van der Waals surface area (Å²) in [6.07, 6.45) is 6.24. The molecule has 1 aliphatic carbocycles. The monoisotopic (exact) mass is 209 g/mol. The van der Waals surface area contributed by atoms with Crippen LogP contribution in [0.5, 0.6) is 0 Å². The van der Waals surface area contributed by atoms with E-state index in [1.807, 2.05) is 11.3 Å². The van der Waals surface area contributed by atoms with Gasteiger partial charge in [-0.05, 0) is 50.2 Å². The molecule has 0 saturated heterocycles. The van der Waals surface area contributed by atoms with Gasteiger partial charge in [-0.2, -0.15) is 0 Å². The number of hydrogen-bond donors (Lipinski definition) is 1. The maximum atomic E-state index is 5.91. The second-order valence-electron chi connectivity index (χ2n) is 4.36. The molecule has 1 fully saturated rings. The van der Waals surface area contributed by atoms with Crippen molar-refractivity contribution >= 4 is 11.3 Å². The molecular weight excluding hydrogens is 190 g/mol. The van der Waals surface area contributed by atoms with Crippen molar-refractivity contribution in [3.8, 4) is 0 Å². The Morgan fingerprint density at radius 2 is 2.14 bits per heavy atom. The molecule has 1 aliphatic rings. The van der Waals surface area contributed by atoms with Gasteiger partial charge in [-0.1, -0.05) is 6.92 Å². The van der Waals surface area contributed by atoms with Gasteiger partial charge in [0.2, 0.25) is 0 Å². The molecule has 2 N–H and O–H groups in total. The Balaban J connectivity index is 1.90. The minimum absolute atomic E-state index is 0.477. The Bertz CT molecular complexity index is 292. The van der Waals surface area contributed by atoms with Gasteiger partial charge in [-0.25, -0.2) is 0 Å². The van der Waals surface area contributed by atoms with Gasteiger partial charge >= 0.3 is 0 Å². The van der Waals surface area contributed by atoms with Crippen LogP contribution >= 0.6 is 11.3 Å². The highest BCUT2D eigenvalue weighted by molar-refractivity contribution is 7.11. The van der Waals surface area contributed by atoms with Crippen molar-refractivity contribution < 1.29 is 0 Å². The van der Waals surface area contributed by atoms with E-state index in [-0.39, 0.29) is 0 Å². The van der Waals surface area contributed by atoms with E-state index in [0.29, 0.717) is 6.04 Å². The van der Waals surface area contributed by atoms with Crippen molar-refractivity contribution in [2.75, 3.05) is 0 Å². The Morgan fingerprint density at radius 1 is 1.36 bits per heavy atom. The Kier molecular flexibility index (Phi) is 3.24. The third-order valence-corrected chi connectivity index (χ3v) is 4.39. The first-order valence-corrected chi connectivity index (χ1v) is 6.42. The van der Waals surface area contributed by atoms with Crippen LogP contribution in [0.4, 0.5) is 0 Å². The van der Waals surface area contributed by atoms with E-state index in [1.54, 1.807) is 4.88 Å². The fraction of sp³-hybridized carbons (Fsp3) is 0.667. The molecular formula is C12H19NS. The zero-order valence-corrected chi connectivity index (χ0v) is 9.65. The lowest BCUT2D eigenvalue weighted by Crippen LogP contribution is -2.15. The smallest absolute Gasteiger partial charge is 0.00509 e. The summed E-state index contributed by atoms with van der Waals surface area (Å²) in [6, 6.07) is 5.05. The van der Waals surface area contributed by atoms with Gasteiger partial charge < -0.3 is 5.73 Å².